The highest BCUT2D eigenvalue weighted by molar-refractivity contribution is 8.04. The van der Waals surface area contributed by atoms with Gasteiger partial charge in [0.15, 0.2) is 0 Å². The lowest BCUT2D eigenvalue weighted by molar-refractivity contribution is 1.20. The van der Waals surface area contributed by atoms with Gasteiger partial charge in [-0.1, -0.05) is 48.6 Å². The molecule has 0 amide bonds. The maximum absolute atomic E-state index is 2.34. The van der Waals surface area contributed by atoms with Crippen LogP contribution in [-0.2, 0) is 0 Å². The topological polar surface area (TPSA) is 0 Å². The van der Waals surface area contributed by atoms with Crippen molar-refractivity contribution in [2.75, 3.05) is 0 Å². The van der Waals surface area contributed by atoms with Crippen LogP contribution < -0.4 is 0 Å². The molecule has 0 fully saturated rings. The van der Waals surface area contributed by atoms with Gasteiger partial charge < -0.3 is 0 Å². The summed E-state index contributed by atoms with van der Waals surface area (Å²) in [6.45, 7) is 2.20. The summed E-state index contributed by atoms with van der Waals surface area (Å²) in [5, 5.41) is 4.73. The van der Waals surface area contributed by atoms with E-state index < -0.39 is 0 Å². The van der Waals surface area contributed by atoms with Gasteiger partial charge in [0.1, 0.15) is 0 Å². The van der Waals surface area contributed by atoms with Crippen molar-refractivity contribution in [3.05, 3.63) is 97.2 Å². The fourth-order valence-electron chi connectivity index (χ4n) is 2.81. The Bertz CT molecular complexity index is 816. The van der Waals surface area contributed by atoms with Gasteiger partial charge in [-0.3, -0.25) is 0 Å². The van der Waals surface area contributed by atoms with Crippen LogP contribution in [0.15, 0.2) is 76.3 Å². The van der Waals surface area contributed by atoms with E-state index in [2.05, 4.69) is 78.4 Å². The zero-order valence-electron chi connectivity index (χ0n) is 12.7. The minimum Gasteiger partial charge on any atom is -0.144 e. The molecule has 1 aliphatic rings. The minimum absolute atomic E-state index is 0.418. The Morgan fingerprint density at radius 2 is 1.57 bits per heavy atom. The summed E-state index contributed by atoms with van der Waals surface area (Å²) in [7, 11) is 0. The van der Waals surface area contributed by atoms with Crippen LogP contribution in [0.1, 0.15) is 26.1 Å². The van der Waals surface area contributed by atoms with Gasteiger partial charge in [0.2, 0.25) is 0 Å². The molecule has 23 heavy (non-hydrogen) atoms. The molecule has 0 bridgehead atoms. The predicted octanol–water partition coefficient (Wildman–Crippen LogP) is 6.92. The number of thioether (sulfide) groups is 1. The van der Waals surface area contributed by atoms with E-state index in [1.807, 2.05) is 34.4 Å². The van der Waals surface area contributed by atoms with Crippen molar-refractivity contribution in [2.24, 2.45) is 0 Å². The van der Waals surface area contributed by atoms with Crippen LogP contribution in [0.25, 0.3) is 5.57 Å². The third kappa shape index (κ3) is 2.97. The highest BCUT2D eigenvalue weighted by Crippen LogP contribution is 2.48. The SMILES string of the molecule is Cc1ccccc1C1C=CC(=C(c2cccs2)c2cccs2)S1. The molecular weight excluding hydrogens is 336 g/mol. The van der Waals surface area contributed by atoms with Crippen LogP contribution in [0.3, 0.4) is 0 Å². The van der Waals surface area contributed by atoms with Crippen LogP contribution in [0, 0.1) is 6.92 Å². The lowest BCUT2D eigenvalue weighted by Crippen LogP contribution is -1.91. The summed E-state index contributed by atoms with van der Waals surface area (Å²) in [5.41, 5.74) is 4.16. The molecule has 1 unspecified atom stereocenters. The normalized spacial score (nSPS) is 16.9. The van der Waals surface area contributed by atoms with E-state index in [1.54, 1.807) is 0 Å². The average molecular weight is 353 g/mol. The molecule has 3 heterocycles. The van der Waals surface area contributed by atoms with E-state index >= 15 is 0 Å². The molecule has 1 aliphatic heterocycles. The molecule has 1 aromatic carbocycles. The fraction of sp³-hybridized carbons (Fsp3) is 0.100. The zero-order valence-corrected chi connectivity index (χ0v) is 15.2. The van der Waals surface area contributed by atoms with Gasteiger partial charge in [0, 0.05) is 20.2 Å². The number of benzene rings is 1. The van der Waals surface area contributed by atoms with Crippen molar-refractivity contribution in [1.82, 2.24) is 0 Å². The summed E-state index contributed by atoms with van der Waals surface area (Å²) >= 11 is 5.60. The number of aryl methyl sites for hydroxylation is 1. The summed E-state index contributed by atoms with van der Waals surface area (Å²) < 4.78 is 0. The minimum atomic E-state index is 0.418. The molecular formula is C20H16S3. The Kier molecular flexibility index (Phi) is 4.25. The van der Waals surface area contributed by atoms with Gasteiger partial charge in [-0.2, -0.15) is 0 Å². The molecule has 0 spiro atoms. The molecule has 0 nitrogen and oxygen atoms in total. The molecule has 3 heteroatoms. The van der Waals surface area contributed by atoms with Crippen molar-refractivity contribution >= 4 is 40.0 Å². The fourth-order valence-corrected chi connectivity index (χ4v) is 5.92. The molecule has 0 radical (unpaired) electrons. The zero-order chi connectivity index (χ0) is 15.6. The summed E-state index contributed by atoms with van der Waals surface area (Å²) in [4.78, 5) is 4.08. The van der Waals surface area contributed by atoms with Crippen LogP contribution in [0.5, 0.6) is 0 Å². The number of hydrogen-bond donors (Lipinski definition) is 0. The van der Waals surface area contributed by atoms with Gasteiger partial charge >= 0.3 is 0 Å². The molecule has 3 aromatic rings. The Labute approximate surface area is 149 Å². The molecule has 4 rings (SSSR count). The smallest absolute Gasteiger partial charge is 0.0530 e. The molecule has 0 saturated carbocycles. The van der Waals surface area contributed by atoms with Crippen LogP contribution in [0.4, 0.5) is 0 Å². The Balaban J connectivity index is 1.75. The average Bonchev–Trinajstić information content (AvgIpc) is 3.32. The molecule has 0 aliphatic carbocycles. The number of hydrogen-bond acceptors (Lipinski definition) is 3. The van der Waals surface area contributed by atoms with E-state index in [0.29, 0.717) is 5.25 Å². The first-order chi connectivity index (χ1) is 11.3. The van der Waals surface area contributed by atoms with Gasteiger partial charge in [-0.15, -0.1) is 34.4 Å². The first kappa shape index (κ1) is 15.0. The van der Waals surface area contributed by atoms with Crippen molar-refractivity contribution in [1.29, 1.82) is 0 Å². The van der Waals surface area contributed by atoms with Gasteiger partial charge in [0.25, 0.3) is 0 Å². The largest absolute Gasteiger partial charge is 0.144 e. The quantitative estimate of drug-likeness (QED) is 0.493. The third-order valence-corrected chi connectivity index (χ3v) is 6.99. The van der Waals surface area contributed by atoms with Crippen molar-refractivity contribution < 1.29 is 0 Å². The summed E-state index contributed by atoms with van der Waals surface area (Å²) in [6, 6.07) is 17.4. The molecule has 1 atom stereocenters. The second kappa shape index (κ2) is 6.52. The van der Waals surface area contributed by atoms with E-state index in [0.717, 1.165) is 0 Å². The van der Waals surface area contributed by atoms with Crippen LogP contribution in [-0.4, -0.2) is 0 Å². The van der Waals surface area contributed by atoms with Crippen molar-refractivity contribution in [3.8, 4) is 0 Å². The molecule has 0 N–H and O–H groups in total. The number of rotatable bonds is 3. The Morgan fingerprint density at radius 3 is 2.17 bits per heavy atom. The van der Waals surface area contributed by atoms with Crippen molar-refractivity contribution in [3.63, 3.8) is 0 Å². The van der Waals surface area contributed by atoms with E-state index in [1.165, 1.54) is 31.4 Å². The second-order valence-corrected chi connectivity index (χ2v) is 8.53. The monoisotopic (exact) mass is 352 g/mol. The number of thiophene rings is 2. The van der Waals surface area contributed by atoms with Gasteiger partial charge in [-0.25, -0.2) is 0 Å². The number of allylic oxidation sites excluding steroid dienone is 1. The second-order valence-electron chi connectivity index (χ2n) is 5.45. The van der Waals surface area contributed by atoms with E-state index in [-0.39, 0.29) is 0 Å². The molecule has 2 aromatic heterocycles. The standard InChI is InChI=1S/C20H16S3/c1-14-6-2-3-7-15(14)16-10-11-19(23-16)20(17-8-4-12-21-17)18-9-5-13-22-18/h2-13,16H,1H3. The molecule has 114 valence electrons. The van der Waals surface area contributed by atoms with Crippen molar-refractivity contribution in [2.45, 2.75) is 12.2 Å². The Hall–Kier alpha value is -1.55. The first-order valence-electron chi connectivity index (χ1n) is 7.55. The molecule has 0 saturated heterocycles. The summed E-state index contributed by atoms with van der Waals surface area (Å²) in [6.07, 6.45) is 4.64. The Morgan fingerprint density at radius 1 is 0.870 bits per heavy atom. The highest BCUT2D eigenvalue weighted by atomic mass is 32.2. The third-order valence-electron chi connectivity index (χ3n) is 3.95. The first-order valence-corrected chi connectivity index (χ1v) is 10.2. The lowest BCUT2D eigenvalue weighted by atomic mass is 10.1. The summed E-state index contributed by atoms with van der Waals surface area (Å²) in [5.74, 6) is 0. The van der Waals surface area contributed by atoms with E-state index in [4.69, 9.17) is 0 Å². The van der Waals surface area contributed by atoms with Crippen LogP contribution in [0.2, 0.25) is 0 Å². The van der Waals surface area contributed by atoms with E-state index in [9.17, 15) is 0 Å². The van der Waals surface area contributed by atoms with Gasteiger partial charge in [0.05, 0.1) is 5.25 Å². The van der Waals surface area contributed by atoms with Gasteiger partial charge in [-0.05, 0) is 40.9 Å². The maximum atomic E-state index is 2.34. The predicted molar refractivity (Wildman–Crippen MR) is 105 cm³/mol. The highest BCUT2D eigenvalue weighted by Gasteiger charge is 2.22. The lowest BCUT2D eigenvalue weighted by Gasteiger charge is -2.13. The van der Waals surface area contributed by atoms with Crippen LogP contribution >= 0.6 is 34.4 Å². The maximum Gasteiger partial charge on any atom is 0.0530 e.